The van der Waals surface area contributed by atoms with Gasteiger partial charge >= 0.3 is 0 Å². The van der Waals surface area contributed by atoms with E-state index in [-0.39, 0.29) is 18.3 Å². The van der Waals surface area contributed by atoms with Crippen molar-refractivity contribution in [1.29, 1.82) is 0 Å². The van der Waals surface area contributed by atoms with Crippen LogP contribution >= 0.6 is 12.4 Å². The van der Waals surface area contributed by atoms with Crippen molar-refractivity contribution in [3.63, 3.8) is 0 Å². The van der Waals surface area contributed by atoms with Gasteiger partial charge in [-0.15, -0.1) is 12.4 Å². The molecule has 5 nitrogen and oxygen atoms in total. The molecule has 20 heavy (non-hydrogen) atoms. The normalized spacial score (nSPS) is 11.7. The Morgan fingerprint density at radius 1 is 1.30 bits per heavy atom. The van der Waals surface area contributed by atoms with Gasteiger partial charge in [0.15, 0.2) is 0 Å². The molecule has 1 atom stereocenters. The number of benzene rings is 1. The summed E-state index contributed by atoms with van der Waals surface area (Å²) in [5.41, 5.74) is 12.8. The molecule has 0 spiro atoms. The van der Waals surface area contributed by atoms with E-state index >= 15 is 0 Å². The predicted molar refractivity (Wildman–Crippen MR) is 83.0 cm³/mol. The van der Waals surface area contributed by atoms with Gasteiger partial charge in [-0.05, 0) is 37.0 Å². The van der Waals surface area contributed by atoms with E-state index in [1.807, 2.05) is 20.8 Å². The van der Waals surface area contributed by atoms with Crippen LogP contribution in [0.25, 0.3) is 0 Å². The first-order chi connectivity index (χ1) is 8.81. The third kappa shape index (κ3) is 5.19. The van der Waals surface area contributed by atoms with Gasteiger partial charge in [0, 0.05) is 11.3 Å². The van der Waals surface area contributed by atoms with Crippen LogP contribution in [0.2, 0.25) is 0 Å². The number of nitrogens with one attached hydrogen (secondary N) is 1. The molecule has 0 heterocycles. The maximum absolute atomic E-state index is 11.9. The van der Waals surface area contributed by atoms with Gasteiger partial charge in [0.2, 0.25) is 11.8 Å². The van der Waals surface area contributed by atoms with E-state index in [2.05, 4.69) is 5.32 Å². The summed E-state index contributed by atoms with van der Waals surface area (Å²) in [5, 5.41) is 2.74. The second-order valence-corrected chi connectivity index (χ2v) is 5.12. The molecule has 2 amide bonds. The third-order valence-electron chi connectivity index (χ3n) is 2.84. The van der Waals surface area contributed by atoms with E-state index in [9.17, 15) is 9.59 Å². The average molecular weight is 300 g/mol. The number of rotatable bonds is 5. The Morgan fingerprint density at radius 3 is 2.40 bits per heavy atom. The van der Waals surface area contributed by atoms with Crippen molar-refractivity contribution in [3.8, 4) is 0 Å². The molecule has 0 aliphatic carbocycles. The van der Waals surface area contributed by atoms with Gasteiger partial charge in [0.1, 0.15) is 0 Å². The molecule has 0 fully saturated rings. The molecule has 6 heteroatoms. The van der Waals surface area contributed by atoms with Crippen molar-refractivity contribution in [2.75, 3.05) is 5.32 Å². The summed E-state index contributed by atoms with van der Waals surface area (Å²) < 4.78 is 0. The Bertz CT molecular complexity index is 489. The highest BCUT2D eigenvalue weighted by Gasteiger charge is 2.16. The lowest BCUT2D eigenvalue weighted by Gasteiger charge is -2.15. The molecular weight excluding hydrogens is 278 g/mol. The molecule has 112 valence electrons. The second-order valence-electron chi connectivity index (χ2n) is 5.12. The van der Waals surface area contributed by atoms with Crippen LogP contribution in [-0.4, -0.2) is 17.9 Å². The number of nitrogens with two attached hydrogens (primary N) is 2. The first-order valence-electron chi connectivity index (χ1n) is 6.28. The molecule has 0 aliphatic rings. The van der Waals surface area contributed by atoms with Gasteiger partial charge in [0.05, 0.1) is 6.04 Å². The minimum atomic E-state index is -0.559. The highest BCUT2D eigenvalue weighted by Crippen LogP contribution is 2.17. The summed E-state index contributed by atoms with van der Waals surface area (Å²) in [5.74, 6) is -0.431. The van der Waals surface area contributed by atoms with Crippen LogP contribution in [0.3, 0.4) is 0 Å². The van der Waals surface area contributed by atoms with E-state index in [4.69, 9.17) is 11.5 Å². The Balaban J connectivity index is 0.00000361. The van der Waals surface area contributed by atoms with E-state index in [0.29, 0.717) is 23.6 Å². The van der Waals surface area contributed by atoms with Gasteiger partial charge in [0.25, 0.3) is 0 Å². The summed E-state index contributed by atoms with van der Waals surface area (Å²) in [6.07, 6.45) is 0.611. The van der Waals surface area contributed by atoms with Crippen LogP contribution in [0.4, 0.5) is 5.69 Å². The molecule has 1 aromatic rings. The monoisotopic (exact) mass is 299 g/mol. The largest absolute Gasteiger partial charge is 0.366 e. The number of halogens is 1. The maximum Gasteiger partial charge on any atom is 0.248 e. The van der Waals surface area contributed by atoms with Gasteiger partial charge in [-0.1, -0.05) is 19.9 Å². The second kappa shape index (κ2) is 7.87. The summed E-state index contributed by atoms with van der Waals surface area (Å²) in [6, 6.07) is 4.37. The summed E-state index contributed by atoms with van der Waals surface area (Å²) in [6.45, 7) is 5.85. The number of carbonyl (C=O) groups is 2. The minimum Gasteiger partial charge on any atom is -0.366 e. The van der Waals surface area contributed by atoms with Gasteiger partial charge in [-0.3, -0.25) is 9.59 Å². The lowest BCUT2D eigenvalue weighted by molar-refractivity contribution is -0.117. The van der Waals surface area contributed by atoms with E-state index < -0.39 is 11.9 Å². The molecule has 0 aliphatic heterocycles. The molecule has 5 N–H and O–H groups in total. The van der Waals surface area contributed by atoms with Crippen LogP contribution in [0, 0.1) is 12.8 Å². The first-order valence-corrected chi connectivity index (χ1v) is 6.28. The van der Waals surface area contributed by atoms with Crippen LogP contribution in [0.5, 0.6) is 0 Å². The smallest absolute Gasteiger partial charge is 0.248 e. The topological polar surface area (TPSA) is 98.2 Å². The lowest BCUT2D eigenvalue weighted by atomic mass is 10.0. The number of hydrogen-bond donors (Lipinski definition) is 3. The molecule has 1 aromatic carbocycles. The first kappa shape index (κ1) is 18.4. The van der Waals surface area contributed by atoms with Crippen molar-refractivity contribution in [1.82, 2.24) is 0 Å². The van der Waals surface area contributed by atoms with Crippen molar-refractivity contribution >= 4 is 29.9 Å². The molecular formula is C14H22ClN3O2. The Kier molecular flexibility index (Phi) is 7.24. The number of aryl methyl sites for hydroxylation is 1. The molecule has 0 bridgehead atoms. The highest BCUT2D eigenvalue weighted by atomic mass is 35.5. The zero-order valence-electron chi connectivity index (χ0n) is 12.0. The zero-order chi connectivity index (χ0) is 14.6. The van der Waals surface area contributed by atoms with E-state index in [1.54, 1.807) is 18.2 Å². The minimum absolute atomic E-state index is 0. The van der Waals surface area contributed by atoms with Gasteiger partial charge in [-0.25, -0.2) is 0 Å². The Hall–Kier alpha value is -1.59. The summed E-state index contributed by atoms with van der Waals surface area (Å²) in [4.78, 5) is 23.0. The lowest BCUT2D eigenvalue weighted by Crippen LogP contribution is -2.36. The summed E-state index contributed by atoms with van der Waals surface area (Å²) in [7, 11) is 0. The molecule has 0 unspecified atom stereocenters. The average Bonchev–Trinajstić information content (AvgIpc) is 2.30. The SMILES string of the molecule is Cc1ccc(C(N)=O)cc1NC(=O)[C@@H](N)CC(C)C.Cl. The zero-order valence-corrected chi connectivity index (χ0v) is 12.8. The van der Waals surface area contributed by atoms with Crippen molar-refractivity contribution in [2.24, 2.45) is 17.4 Å². The number of primary amides is 1. The van der Waals surface area contributed by atoms with Crippen LogP contribution in [-0.2, 0) is 4.79 Å². The Morgan fingerprint density at radius 2 is 1.90 bits per heavy atom. The van der Waals surface area contributed by atoms with Crippen LogP contribution in [0.1, 0.15) is 36.2 Å². The molecule has 0 saturated carbocycles. The maximum atomic E-state index is 11.9. The molecule has 0 aromatic heterocycles. The molecule has 0 saturated heterocycles. The van der Waals surface area contributed by atoms with Crippen molar-refractivity contribution in [2.45, 2.75) is 33.2 Å². The predicted octanol–water partition coefficient (Wildman–Crippen LogP) is 1.83. The van der Waals surface area contributed by atoms with Crippen molar-refractivity contribution < 1.29 is 9.59 Å². The number of anilines is 1. The van der Waals surface area contributed by atoms with Crippen LogP contribution in [0.15, 0.2) is 18.2 Å². The van der Waals surface area contributed by atoms with Crippen molar-refractivity contribution in [3.05, 3.63) is 29.3 Å². The fourth-order valence-corrected chi connectivity index (χ4v) is 1.75. The summed E-state index contributed by atoms with van der Waals surface area (Å²) >= 11 is 0. The Labute approximate surface area is 125 Å². The van der Waals surface area contributed by atoms with E-state index in [0.717, 1.165) is 5.56 Å². The molecule has 0 radical (unpaired) electrons. The number of carbonyl (C=O) groups excluding carboxylic acids is 2. The van der Waals surface area contributed by atoms with E-state index in [1.165, 1.54) is 0 Å². The van der Waals surface area contributed by atoms with Gasteiger partial charge < -0.3 is 16.8 Å². The molecule has 1 rings (SSSR count). The van der Waals surface area contributed by atoms with Gasteiger partial charge in [-0.2, -0.15) is 0 Å². The fourth-order valence-electron chi connectivity index (χ4n) is 1.75. The number of hydrogen-bond acceptors (Lipinski definition) is 3. The quantitative estimate of drug-likeness (QED) is 0.773. The third-order valence-corrected chi connectivity index (χ3v) is 2.84. The number of amides is 2. The fraction of sp³-hybridized carbons (Fsp3) is 0.429. The highest BCUT2D eigenvalue weighted by molar-refractivity contribution is 5.98. The standard InChI is InChI=1S/C14H21N3O2.ClH/c1-8(2)6-11(15)14(19)17-12-7-10(13(16)18)5-4-9(12)3;/h4-5,7-8,11H,6,15H2,1-3H3,(H2,16,18)(H,17,19);1H/t11-;/m0./s1. The van der Waals surface area contributed by atoms with Crippen LogP contribution < -0.4 is 16.8 Å².